The molecule has 0 aromatic carbocycles. The van der Waals surface area contributed by atoms with Crippen molar-refractivity contribution in [3.05, 3.63) is 17.9 Å². The molecule has 2 rings (SSSR count). The van der Waals surface area contributed by atoms with Crippen molar-refractivity contribution >= 4 is 10.0 Å². The van der Waals surface area contributed by atoms with Crippen molar-refractivity contribution in [3.8, 4) is 0 Å². The molecule has 1 aliphatic rings. The van der Waals surface area contributed by atoms with Gasteiger partial charge in [-0.25, -0.2) is 13.1 Å². The number of aliphatic hydroxyl groups is 1. The van der Waals surface area contributed by atoms with Crippen molar-refractivity contribution in [1.29, 1.82) is 0 Å². The van der Waals surface area contributed by atoms with Crippen LogP contribution < -0.4 is 4.72 Å². The zero-order valence-electron chi connectivity index (χ0n) is 11.0. The standard InChI is InChI=1S/C12H20N2O4S/c1-14-6-4-10(5-7-14)8-13-19(16,17)12-3-2-11(9-15)18-12/h2-3,10,13,15H,4-9H2,1H3. The molecule has 1 saturated heterocycles. The van der Waals surface area contributed by atoms with Gasteiger partial charge in [-0.15, -0.1) is 0 Å². The Balaban J connectivity index is 1.90. The average Bonchev–Trinajstić information content (AvgIpc) is 2.88. The van der Waals surface area contributed by atoms with E-state index in [9.17, 15) is 8.42 Å². The molecule has 0 spiro atoms. The Labute approximate surface area is 113 Å². The molecule has 0 radical (unpaired) electrons. The van der Waals surface area contributed by atoms with Crippen molar-refractivity contribution in [2.24, 2.45) is 5.92 Å². The summed E-state index contributed by atoms with van der Waals surface area (Å²) < 4.78 is 31.6. The maximum Gasteiger partial charge on any atom is 0.273 e. The Bertz CT molecular complexity index is 504. The lowest BCUT2D eigenvalue weighted by Crippen LogP contribution is -2.36. The van der Waals surface area contributed by atoms with Gasteiger partial charge in [-0.3, -0.25) is 0 Å². The summed E-state index contributed by atoms with van der Waals surface area (Å²) in [6.07, 6.45) is 2.00. The molecular formula is C12H20N2O4S. The number of hydrogen-bond donors (Lipinski definition) is 2. The van der Waals surface area contributed by atoms with E-state index >= 15 is 0 Å². The van der Waals surface area contributed by atoms with E-state index in [0.717, 1.165) is 25.9 Å². The quantitative estimate of drug-likeness (QED) is 0.819. The second-order valence-corrected chi connectivity index (χ2v) is 6.68. The van der Waals surface area contributed by atoms with Crippen LogP contribution >= 0.6 is 0 Å². The van der Waals surface area contributed by atoms with Crippen molar-refractivity contribution in [2.75, 3.05) is 26.7 Å². The molecule has 7 heteroatoms. The summed E-state index contributed by atoms with van der Waals surface area (Å²) in [5, 5.41) is 8.73. The maximum atomic E-state index is 12.0. The van der Waals surface area contributed by atoms with Gasteiger partial charge >= 0.3 is 0 Å². The van der Waals surface area contributed by atoms with Gasteiger partial charge in [0.25, 0.3) is 10.0 Å². The van der Waals surface area contributed by atoms with E-state index < -0.39 is 10.0 Å². The van der Waals surface area contributed by atoms with Gasteiger partial charge in [0.15, 0.2) is 0 Å². The minimum Gasteiger partial charge on any atom is -0.446 e. The van der Waals surface area contributed by atoms with Crippen LogP contribution in [0.4, 0.5) is 0 Å². The first-order chi connectivity index (χ1) is 9.01. The van der Waals surface area contributed by atoms with Crippen molar-refractivity contribution in [1.82, 2.24) is 9.62 Å². The van der Waals surface area contributed by atoms with Crippen LogP contribution in [0.2, 0.25) is 0 Å². The molecule has 1 aromatic rings. The smallest absolute Gasteiger partial charge is 0.273 e. The monoisotopic (exact) mass is 288 g/mol. The Hall–Kier alpha value is -0.890. The van der Waals surface area contributed by atoms with E-state index in [4.69, 9.17) is 9.52 Å². The Kier molecular flexibility index (Phi) is 4.62. The van der Waals surface area contributed by atoms with Gasteiger partial charge in [0.05, 0.1) is 0 Å². The van der Waals surface area contributed by atoms with Crippen LogP contribution in [-0.2, 0) is 16.6 Å². The van der Waals surface area contributed by atoms with Gasteiger partial charge in [0.1, 0.15) is 12.4 Å². The number of nitrogens with zero attached hydrogens (tertiary/aromatic N) is 1. The molecule has 0 saturated carbocycles. The highest BCUT2D eigenvalue weighted by molar-refractivity contribution is 7.89. The van der Waals surface area contributed by atoms with E-state index in [1.54, 1.807) is 0 Å². The number of nitrogens with one attached hydrogen (secondary N) is 1. The molecule has 0 atom stereocenters. The highest BCUT2D eigenvalue weighted by Gasteiger charge is 2.22. The van der Waals surface area contributed by atoms with Crippen LogP contribution in [0.5, 0.6) is 0 Å². The van der Waals surface area contributed by atoms with Gasteiger partial charge in [-0.2, -0.15) is 0 Å². The Morgan fingerprint density at radius 1 is 1.42 bits per heavy atom. The average molecular weight is 288 g/mol. The van der Waals surface area contributed by atoms with E-state index in [1.165, 1.54) is 12.1 Å². The third-order valence-electron chi connectivity index (χ3n) is 3.46. The van der Waals surface area contributed by atoms with Gasteiger partial charge < -0.3 is 14.4 Å². The van der Waals surface area contributed by atoms with Gasteiger partial charge in [0.2, 0.25) is 5.09 Å². The molecule has 0 amide bonds. The lowest BCUT2D eigenvalue weighted by Gasteiger charge is -2.28. The largest absolute Gasteiger partial charge is 0.446 e. The normalized spacial score (nSPS) is 18.8. The SMILES string of the molecule is CN1CCC(CNS(=O)(=O)c2ccc(CO)o2)CC1. The number of piperidine rings is 1. The number of likely N-dealkylation sites (tertiary alicyclic amines) is 1. The third kappa shape index (κ3) is 3.79. The highest BCUT2D eigenvalue weighted by Crippen LogP contribution is 2.17. The second kappa shape index (κ2) is 6.04. The van der Waals surface area contributed by atoms with E-state index in [-0.39, 0.29) is 17.5 Å². The van der Waals surface area contributed by atoms with Crippen LogP contribution in [0.3, 0.4) is 0 Å². The fourth-order valence-electron chi connectivity index (χ4n) is 2.15. The molecule has 1 aromatic heterocycles. The number of aliphatic hydroxyl groups excluding tert-OH is 1. The van der Waals surface area contributed by atoms with Crippen molar-refractivity contribution in [3.63, 3.8) is 0 Å². The molecule has 19 heavy (non-hydrogen) atoms. The summed E-state index contributed by atoms with van der Waals surface area (Å²) in [7, 11) is -1.53. The summed E-state index contributed by atoms with van der Waals surface area (Å²) in [6, 6.07) is 2.83. The van der Waals surface area contributed by atoms with Gasteiger partial charge in [-0.05, 0) is 51.0 Å². The molecule has 0 unspecified atom stereocenters. The molecule has 1 aliphatic heterocycles. The molecule has 108 valence electrons. The van der Waals surface area contributed by atoms with Crippen LogP contribution in [0.1, 0.15) is 18.6 Å². The number of sulfonamides is 1. The molecule has 2 heterocycles. The first-order valence-corrected chi connectivity index (χ1v) is 7.87. The Morgan fingerprint density at radius 3 is 2.68 bits per heavy atom. The summed E-state index contributed by atoms with van der Waals surface area (Å²) in [5.74, 6) is 0.623. The molecule has 0 bridgehead atoms. The molecule has 6 nitrogen and oxygen atoms in total. The second-order valence-electron chi connectivity index (χ2n) is 4.98. The zero-order valence-corrected chi connectivity index (χ0v) is 11.8. The van der Waals surface area contributed by atoms with E-state index in [0.29, 0.717) is 12.5 Å². The first kappa shape index (κ1) is 14.5. The van der Waals surface area contributed by atoms with E-state index in [2.05, 4.69) is 16.7 Å². The summed E-state index contributed by atoms with van der Waals surface area (Å²) >= 11 is 0. The minimum atomic E-state index is -3.60. The van der Waals surface area contributed by atoms with E-state index in [1.807, 2.05) is 0 Å². The maximum absolute atomic E-state index is 12.0. The lowest BCUT2D eigenvalue weighted by atomic mass is 9.98. The Morgan fingerprint density at radius 2 is 2.11 bits per heavy atom. The number of furan rings is 1. The van der Waals surface area contributed by atoms with Crippen molar-refractivity contribution in [2.45, 2.75) is 24.5 Å². The molecular weight excluding hydrogens is 268 g/mol. The van der Waals surface area contributed by atoms with Crippen LogP contribution in [-0.4, -0.2) is 45.1 Å². The highest BCUT2D eigenvalue weighted by atomic mass is 32.2. The summed E-state index contributed by atoms with van der Waals surface area (Å²) in [4.78, 5) is 2.24. The number of rotatable bonds is 5. The number of hydrogen-bond acceptors (Lipinski definition) is 5. The molecule has 0 aliphatic carbocycles. The van der Waals surface area contributed by atoms with Crippen LogP contribution in [0.25, 0.3) is 0 Å². The summed E-state index contributed by atoms with van der Waals surface area (Å²) in [6.45, 7) is 2.14. The third-order valence-corrected chi connectivity index (χ3v) is 4.75. The summed E-state index contributed by atoms with van der Waals surface area (Å²) in [5.41, 5.74) is 0. The zero-order chi connectivity index (χ0) is 13.9. The predicted octanol–water partition coefficient (Wildman–Crippen LogP) is 0.392. The lowest BCUT2D eigenvalue weighted by molar-refractivity contribution is 0.220. The fraction of sp³-hybridized carbons (Fsp3) is 0.667. The molecule has 2 N–H and O–H groups in total. The molecule has 1 fully saturated rings. The fourth-order valence-corrected chi connectivity index (χ4v) is 3.21. The van der Waals surface area contributed by atoms with Crippen molar-refractivity contribution < 1.29 is 17.9 Å². The topological polar surface area (TPSA) is 82.8 Å². The van der Waals surface area contributed by atoms with Gasteiger partial charge in [0, 0.05) is 6.54 Å². The first-order valence-electron chi connectivity index (χ1n) is 6.39. The van der Waals surface area contributed by atoms with Crippen LogP contribution in [0.15, 0.2) is 21.6 Å². The van der Waals surface area contributed by atoms with Gasteiger partial charge in [-0.1, -0.05) is 0 Å². The van der Waals surface area contributed by atoms with Crippen LogP contribution in [0, 0.1) is 5.92 Å². The minimum absolute atomic E-state index is 0.135. The predicted molar refractivity (Wildman–Crippen MR) is 70.0 cm³/mol.